The van der Waals surface area contributed by atoms with Crippen molar-refractivity contribution in [3.63, 3.8) is 0 Å². The lowest BCUT2D eigenvalue weighted by molar-refractivity contribution is -0.115. The van der Waals surface area contributed by atoms with Crippen molar-refractivity contribution >= 4 is 58.1 Å². The predicted octanol–water partition coefficient (Wildman–Crippen LogP) is 3.20. The SMILES string of the molecule is O=C(N/N=C/c1ccc(Cl)cc1)C1=NNc2nc3ccc(Cl)cc3nc2O1. The van der Waals surface area contributed by atoms with E-state index in [0.717, 1.165) is 5.56 Å². The van der Waals surface area contributed by atoms with Gasteiger partial charge >= 0.3 is 11.8 Å². The van der Waals surface area contributed by atoms with Crippen LogP contribution in [-0.2, 0) is 4.79 Å². The van der Waals surface area contributed by atoms with Crippen molar-refractivity contribution in [2.24, 2.45) is 10.2 Å². The fourth-order valence-corrected chi connectivity index (χ4v) is 2.52. The predicted molar refractivity (Wildman–Crippen MR) is 103 cm³/mol. The molecule has 2 N–H and O–H groups in total. The highest BCUT2D eigenvalue weighted by Gasteiger charge is 2.23. The van der Waals surface area contributed by atoms with Crippen molar-refractivity contribution < 1.29 is 9.53 Å². The molecule has 1 amide bonds. The number of nitrogens with one attached hydrogen (secondary N) is 2. The van der Waals surface area contributed by atoms with Crippen molar-refractivity contribution in [2.45, 2.75) is 0 Å². The molecule has 0 saturated carbocycles. The monoisotopic (exact) mass is 400 g/mol. The smallest absolute Gasteiger partial charge is 0.328 e. The highest BCUT2D eigenvalue weighted by atomic mass is 35.5. The first-order valence-corrected chi connectivity index (χ1v) is 8.42. The molecule has 3 aromatic rings. The first-order chi connectivity index (χ1) is 13.1. The van der Waals surface area contributed by atoms with Gasteiger partial charge in [-0.2, -0.15) is 5.10 Å². The summed E-state index contributed by atoms with van der Waals surface area (Å²) in [5, 5.41) is 8.83. The van der Waals surface area contributed by atoms with Gasteiger partial charge in [-0.1, -0.05) is 35.3 Å². The average molecular weight is 401 g/mol. The summed E-state index contributed by atoms with van der Waals surface area (Å²) in [4.78, 5) is 20.8. The molecule has 0 aliphatic carbocycles. The molecule has 27 heavy (non-hydrogen) atoms. The van der Waals surface area contributed by atoms with Crippen molar-refractivity contribution in [2.75, 3.05) is 5.43 Å². The number of hydrogen-bond acceptors (Lipinski definition) is 7. The zero-order valence-corrected chi connectivity index (χ0v) is 15.0. The number of benzene rings is 2. The Morgan fingerprint density at radius 2 is 1.85 bits per heavy atom. The lowest BCUT2D eigenvalue weighted by Crippen LogP contribution is -2.34. The molecule has 0 unspecified atom stereocenters. The summed E-state index contributed by atoms with van der Waals surface area (Å²) in [7, 11) is 0. The first kappa shape index (κ1) is 17.2. The lowest BCUT2D eigenvalue weighted by atomic mass is 10.2. The molecule has 0 fully saturated rings. The third kappa shape index (κ3) is 3.81. The molecule has 0 saturated heterocycles. The second kappa shape index (κ2) is 7.18. The van der Waals surface area contributed by atoms with Gasteiger partial charge in [-0.3, -0.25) is 10.2 Å². The summed E-state index contributed by atoms with van der Waals surface area (Å²) in [6.45, 7) is 0. The number of amides is 1. The van der Waals surface area contributed by atoms with Crippen molar-refractivity contribution in [3.05, 3.63) is 58.1 Å². The zero-order chi connectivity index (χ0) is 18.8. The molecule has 2 heterocycles. The van der Waals surface area contributed by atoms with E-state index < -0.39 is 5.91 Å². The van der Waals surface area contributed by atoms with Crippen LogP contribution in [0.15, 0.2) is 52.7 Å². The average Bonchev–Trinajstić information content (AvgIpc) is 2.67. The van der Waals surface area contributed by atoms with Crippen LogP contribution in [0.4, 0.5) is 5.82 Å². The maximum absolute atomic E-state index is 12.2. The van der Waals surface area contributed by atoms with Crippen molar-refractivity contribution in [1.82, 2.24) is 15.4 Å². The zero-order valence-electron chi connectivity index (χ0n) is 13.5. The van der Waals surface area contributed by atoms with Crippen LogP contribution in [0.5, 0.6) is 5.88 Å². The van der Waals surface area contributed by atoms with Crippen molar-refractivity contribution in [1.29, 1.82) is 0 Å². The van der Waals surface area contributed by atoms with Crippen LogP contribution in [0.25, 0.3) is 11.0 Å². The fraction of sp³-hybridized carbons (Fsp3) is 0. The highest BCUT2D eigenvalue weighted by Crippen LogP contribution is 2.27. The fourth-order valence-electron chi connectivity index (χ4n) is 2.23. The maximum atomic E-state index is 12.2. The number of carbonyl (C=O) groups is 1. The summed E-state index contributed by atoms with van der Waals surface area (Å²) in [5.74, 6) is -0.476. The van der Waals surface area contributed by atoms with E-state index in [1.807, 2.05) is 0 Å². The van der Waals surface area contributed by atoms with Crippen LogP contribution in [-0.4, -0.2) is 28.0 Å². The molecule has 134 valence electrons. The molecule has 1 aliphatic rings. The summed E-state index contributed by atoms with van der Waals surface area (Å²) < 4.78 is 5.43. The number of anilines is 1. The van der Waals surface area contributed by atoms with Gasteiger partial charge in [-0.25, -0.2) is 15.4 Å². The molecule has 2 aromatic carbocycles. The maximum Gasteiger partial charge on any atom is 0.328 e. The topological polar surface area (TPSA) is 101 Å². The molecule has 1 aliphatic heterocycles. The number of nitrogens with zero attached hydrogens (tertiary/aromatic N) is 4. The third-order valence-electron chi connectivity index (χ3n) is 3.49. The minimum atomic E-state index is -0.647. The van der Waals surface area contributed by atoms with E-state index in [0.29, 0.717) is 26.9 Å². The number of rotatable bonds is 3. The Bertz CT molecular complexity index is 1100. The van der Waals surface area contributed by atoms with E-state index in [4.69, 9.17) is 27.9 Å². The Morgan fingerprint density at radius 3 is 2.67 bits per heavy atom. The Morgan fingerprint density at radius 1 is 1.07 bits per heavy atom. The minimum absolute atomic E-state index is 0.117. The number of carbonyl (C=O) groups excluding carboxylic acids is 1. The molecule has 8 nitrogen and oxygen atoms in total. The second-order valence-electron chi connectivity index (χ2n) is 5.39. The van der Waals surface area contributed by atoms with Gasteiger partial charge in [0.05, 0.1) is 17.2 Å². The van der Waals surface area contributed by atoms with Crippen LogP contribution in [0, 0.1) is 0 Å². The number of ether oxygens (including phenoxy) is 1. The molecule has 0 atom stereocenters. The largest absolute Gasteiger partial charge is 0.411 e. The van der Waals surface area contributed by atoms with E-state index in [1.54, 1.807) is 42.5 Å². The molecular formula is C17H10Cl2N6O2. The van der Waals surface area contributed by atoms with Crippen LogP contribution >= 0.6 is 23.2 Å². The Balaban J connectivity index is 1.47. The van der Waals surface area contributed by atoms with Crippen LogP contribution in [0.1, 0.15) is 5.56 Å². The molecule has 1 aromatic heterocycles. The lowest BCUT2D eigenvalue weighted by Gasteiger charge is -2.15. The number of aromatic nitrogens is 2. The van der Waals surface area contributed by atoms with E-state index >= 15 is 0 Å². The van der Waals surface area contributed by atoms with Crippen LogP contribution in [0.2, 0.25) is 10.0 Å². The van der Waals surface area contributed by atoms with Gasteiger partial charge < -0.3 is 4.74 Å². The molecule has 0 bridgehead atoms. The number of fused-ring (bicyclic) bond motifs is 2. The van der Waals surface area contributed by atoms with E-state index in [1.165, 1.54) is 6.21 Å². The number of halogens is 2. The Labute approximate surface area is 162 Å². The molecule has 10 heteroatoms. The third-order valence-corrected chi connectivity index (χ3v) is 3.98. The van der Waals surface area contributed by atoms with Gasteiger partial charge in [0.25, 0.3) is 5.88 Å². The van der Waals surface area contributed by atoms with Gasteiger partial charge in [0.1, 0.15) is 0 Å². The minimum Gasteiger partial charge on any atom is -0.411 e. The van der Waals surface area contributed by atoms with E-state index in [2.05, 4.69) is 31.0 Å². The summed E-state index contributed by atoms with van der Waals surface area (Å²) in [6, 6.07) is 12.0. The second-order valence-corrected chi connectivity index (χ2v) is 6.26. The summed E-state index contributed by atoms with van der Waals surface area (Å²) in [5.41, 5.74) is 6.88. The molecule has 0 radical (unpaired) electrons. The van der Waals surface area contributed by atoms with Gasteiger partial charge in [-0.15, -0.1) is 5.10 Å². The van der Waals surface area contributed by atoms with E-state index in [9.17, 15) is 4.79 Å². The van der Waals surface area contributed by atoms with Crippen LogP contribution < -0.4 is 15.6 Å². The standard InChI is InChI=1S/C17H10Cl2N6O2/c18-10-3-1-9(2-4-10)8-20-24-15(26)17-25-23-14-16(27-17)22-13-7-11(19)5-6-12(13)21-14/h1-8H,(H,21,23)(H,24,26)/b20-8+. The van der Waals surface area contributed by atoms with Gasteiger partial charge in [-0.05, 0) is 35.9 Å². The van der Waals surface area contributed by atoms with Gasteiger partial charge in [0.2, 0.25) is 5.82 Å². The molecular weight excluding hydrogens is 391 g/mol. The quantitative estimate of drug-likeness (QED) is 0.519. The number of hydrogen-bond donors (Lipinski definition) is 2. The first-order valence-electron chi connectivity index (χ1n) is 7.66. The number of hydrazone groups is 2. The highest BCUT2D eigenvalue weighted by molar-refractivity contribution is 6.36. The van der Waals surface area contributed by atoms with E-state index in [-0.39, 0.29) is 11.8 Å². The molecule has 4 rings (SSSR count). The van der Waals surface area contributed by atoms with Crippen molar-refractivity contribution in [3.8, 4) is 5.88 Å². The summed E-state index contributed by atoms with van der Waals surface area (Å²) in [6.07, 6.45) is 1.47. The van der Waals surface area contributed by atoms with Gasteiger partial charge in [0.15, 0.2) is 0 Å². The van der Waals surface area contributed by atoms with Crippen LogP contribution in [0.3, 0.4) is 0 Å². The van der Waals surface area contributed by atoms with Gasteiger partial charge in [0, 0.05) is 10.0 Å². The normalized spacial score (nSPS) is 12.9. The Hall–Kier alpha value is -3.23. The Kier molecular flexibility index (Phi) is 4.57. The molecule has 0 spiro atoms. The summed E-state index contributed by atoms with van der Waals surface area (Å²) >= 11 is 11.8.